The number of rotatable bonds is 0. The summed E-state index contributed by atoms with van der Waals surface area (Å²) in [4.78, 5) is 14.9. The van der Waals surface area contributed by atoms with E-state index in [1.54, 1.807) is 6.08 Å². The average Bonchev–Trinajstić information content (AvgIpc) is 2.34. The number of fused-ring (bicyclic) bond motifs is 1. The number of nitrogens with one attached hydrogen (secondary N) is 1. The normalized spacial score (nSPS) is 28.1. The van der Waals surface area contributed by atoms with E-state index in [1.807, 2.05) is 0 Å². The quantitative estimate of drug-likeness (QED) is 0.454. The average molecular weight is 153 g/mol. The number of carbonyl (C=O) groups is 1. The van der Waals surface area contributed by atoms with Crippen LogP contribution in [-0.2, 0) is 9.53 Å². The topological polar surface area (TPSA) is 76.7 Å². The Hall–Kier alpha value is -1.36. The van der Waals surface area contributed by atoms with Crippen LogP contribution in [-0.4, -0.2) is 24.7 Å². The third kappa shape index (κ3) is 0.894. The number of hydrogen-bond acceptors (Lipinski definition) is 4. The van der Waals surface area contributed by atoms with Gasteiger partial charge in [0, 0.05) is 0 Å². The second-order valence-electron chi connectivity index (χ2n) is 2.28. The summed E-state index contributed by atoms with van der Waals surface area (Å²) in [6.07, 6.45) is 1.02. The van der Waals surface area contributed by atoms with Gasteiger partial charge in [-0.25, -0.2) is 4.99 Å². The monoisotopic (exact) mass is 153 g/mol. The molecular formula is C6H7N3O2. The lowest BCUT2D eigenvalue weighted by molar-refractivity contribution is -0.117. The Balaban J connectivity index is 2.39. The molecule has 1 amide bonds. The molecule has 3 N–H and O–H groups in total. The molecule has 58 valence electrons. The van der Waals surface area contributed by atoms with Crippen LogP contribution in [0.3, 0.4) is 0 Å². The van der Waals surface area contributed by atoms with Crippen molar-refractivity contribution < 1.29 is 9.53 Å². The number of amides is 1. The van der Waals surface area contributed by atoms with Crippen molar-refractivity contribution in [2.45, 2.75) is 6.29 Å². The highest BCUT2D eigenvalue weighted by Gasteiger charge is 2.27. The predicted molar refractivity (Wildman–Crippen MR) is 37.6 cm³/mol. The first kappa shape index (κ1) is 6.36. The minimum Gasteiger partial charge on any atom is -0.473 e. The van der Waals surface area contributed by atoms with Crippen LogP contribution < -0.4 is 11.1 Å². The van der Waals surface area contributed by atoms with E-state index in [0.717, 1.165) is 0 Å². The molecule has 0 aromatic carbocycles. The van der Waals surface area contributed by atoms with Crippen molar-refractivity contribution in [1.29, 1.82) is 0 Å². The Labute approximate surface area is 62.9 Å². The fourth-order valence-electron chi connectivity index (χ4n) is 1.04. The van der Waals surface area contributed by atoms with Gasteiger partial charge in [0.15, 0.2) is 6.29 Å². The summed E-state index contributed by atoms with van der Waals surface area (Å²) < 4.78 is 5.01. The Kier molecular flexibility index (Phi) is 1.19. The van der Waals surface area contributed by atoms with Crippen LogP contribution in [0.1, 0.15) is 0 Å². The fourth-order valence-corrected chi connectivity index (χ4v) is 1.04. The minimum absolute atomic E-state index is 0.208. The maximum atomic E-state index is 11.1. The van der Waals surface area contributed by atoms with Gasteiger partial charge in [0.2, 0.25) is 5.90 Å². The molecule has 2 aliphatic heterocycles. The van der Waals surface area contributed by atoms with Crippen molar-refractivity contribution in [2.24, 2.45) is 10.7 Å². The first-order chi connectivity index (χ1) is 5.27. The van der Waals surface area contributed by atoms with Crippen molar-refractivity contribution >= 4 is 11.8 Å². The SMILES string of the molecule is NC1N=C2OCC=C2C(=O)N1. The molecule has 0 saturated carbocycles. The van der Waals surface area contributed by atoms with Gasteiger partial charge in [0.1, 0.15) is 12.2 Å². The Morgan fingerprint density at radius 2 is 2.64 bits per heavy atom. The molecule has 0 aromatic rings. The van der Waals surface area contributed by atoms with Gasteiger partial charge in [-0.2, -0.15) is 0 Å². The van der Waals surface area contributed by atoms with Gasteiger partial charge in [-0.1, -0.05) is 0 Å². The lowest BCUT2D eigenvalue weighted by atomic mass is 10.2. The molecule has 5 heteroatoms. The molecule has 11 heavy (non-hydrogen) atoms. The van der Waals surface area contributed by atoms with Crippen LogP contribution >= 0.6 is 0 Å². The van der Waals surface area contributed by atoms with Crippen molar-refractivity contribution in [1.82, 2.24) is 5.32 Å². The number of nitrogens with zero attached hydrogens (tertiary/aromatic N) is 1. The van der Waals surface area contributed by atoms with Crippen molar-refractivity contribution in [3.05, 3.63) is 11.6 Å². The van der Waals surface area contributed by atoms with Gasteiger partial charge in [0.05, 0.1) is 0 Å². The third-order valence-electron chi connectivity index (χ3n) is 1.52. The smallest absolute Gasteiger partial charge is 0.259 e. The zero-order valence-electron chi connectivity index (χ0n) is 5.70. The zero-order chi connectivity index (χ0) is 7.84. The summed E-state index contributed by atoms with van der Waals surface area (Å²) >= 11 is 0. The van der Waals surface area contributed by atoms with E-state index in [9.17, 15) is 4.79 Å². The number of carbonyl (C=O) groups excluding carboxylic acids is 1. The summed E-state index contributed by atoms with van der Waals surface area (Å²) in [6, 6.07) is 0. The molecule has 0 spiro atoms. The number of hydrogen-bond donors (Lipinski definition) is 2. The van der Waals surface area contributed by atoms with Gasteiger partial charge in [-0.3, -0.25) is 10.5 Å². The third-order valence-corrected chi connectivity index (χ3v) is 1.52. The van der Waals surface area contributed by atoms with Crippen LogP contribution in [0, 0.1) is 0 Å². The van der Waals surface area contributed by atoms with Gasteiger partial charge in [0.25, 0.3) is 5.91 Å². The van der Waals surface area contributed by atoms with Crippen LogP contribution in [0.2, 0.25) is 0 Å². The van der Waals surface area contributed by atoms with E-state index < -0.39 is 6.29 Å². The zero-order valence-corrected chi connectivity index (χ0v) is 5.70. The van der Waals surface area contributed by atoms with Crippen molar-refractivity contribution in [3.63, 3.8) is 0 Å². The Morgan fingerprint density at radius 1 is 1.82 bits per heavy atom. The van der Waals surface area contributed by atoms with E-state index in [0.29, 0.717) is 18.1 Å². The summed E-state index contributed by atoms with van der Waals surface area (Å²) in [7, 11) is 0. The van der Waals surface area contributed by atoms with Gasteiger partial charge < -0.3 is 10.1 Å². The molecule has 0 bridgehead atoms. The molecular weight excluding hydrogens is 146 g/mol. The van der Waals surface area contributed by atoms with E-state index in [2.05, 4.69) is 10.3 Å². The summed E-state index contributed by atoms with van der Waals surface area (Å²) in [5.41, 5.74) is 5.85. The molecule has 0 aliphatic carbocycles. The molecule has 0 fully saturated rings. The Bertz CT molecular complexity index is 269. The highest BCUT2D eigenvalue weighted by atomic mass is 16.5. The highest BCUT2D eigenvalue weighted by molar-refractivity contribution is 6.20. The first-order valence-electron chi connectivity index (χ1n) is 3.25. The van der Waals surface area contributed by atoms with Gasteiger partial charge in [-0.05, 0) is 6.08 Å². The molecule has 0 radical (unpaired) electrons. The molecule has 2 rings (SSSR count). The van der Waals surface area contributed by atoms with E-state index >= 15 is 0 Å². The maximum Gasteiger partial charge on any atom is 0.259 e. The highest BCUT2D eigenvalue weighted by Crippen LogP contribution is 2.12. The van der Waals surface area contributed by atoms with Crippen LogP contribution in [0.25, 0.3) is 0 Å². The van der Waals surface area contributed by atoms with Crippen LogP contribution in [0.4, 0.5) is 0 Å². The number of ether oxygens (including phenoxy) is 1. The summed E-state index contributed by atoms with van der Waals surface area (Å²) in [5, 5.41) is 2.45. The molecule has 2 aliphatic rings. The minimum atomic E-state index is -0.659. The molecule has 2 heterocycles. The molecule has 1 atom stereocenters. The summed E-state index contributed by atoms with van der Waals surface area (Å²) in [6.45, 7) is 0.411. The molecule has 1 unspecified atom stereocenters. The second-order valence-corrected chi connectivity index (χ2v) is 2.28. The first-order valence-corrected chi connectivity index (χ1v) is 3.25. The van der Waals surface area contributed by atoms with E-state index in [-0.39, 0.29) is 5.91 Å². The van der Waals surface area contributed by atoms with Crippen LogP contribution in [0.15, 0.2) is 16.6 Å². The largest absolute Gasteiger partial charge is 0.473 e. The molecule has 0 aromatic heterocycles. The molecule has 5 nitrogen and oxygen atoms in total. The van der Waals surface area contributed by atoms with Gasteiger partial charge >= 0.3 is 0 Å². The van der Waals surface area contributed by atoms with E-state index in [4.69, 9.17) is 10.5 Å². The lowest BCUT2D eigenvalue weighted by Gasteiger charge is -2.16. The van der Waals surface area contributed by atoms with Crippen molar-refractivity contribution in [3.8, 4) is 0 Å². The van der Waals surface area contributed by atoms with Gasteiger partial charge in [-0.15, -0.1) is 0 Å². The second kappa shape index (κ2) is 2.06. The van der Waals surface area contributed by atoms with E-state index in [1.165, 1.54) is 0 Å². The fraction of sp³-hybridized carbons (Fsp3) is 0.333. The number of aliphatic imine (C=N–C) groups is 1. The Morgan fingerprint density at radius 3 is 3.45 bits per heavy atom. The van der Waals surface area contributed by atoms with Crippen LogP contribution in [0.5, 0.6) is 0 Å². The standard InChI is InChI=1S/C6H7N3O2/c7-6-8-4(10)3-1-2-11-5(3)9-6/h1,6H,2,7H2,(H,8,10). The maximum absolute atomic E-state index is 11.1. The predicted octanol–water partition coefficient (Wildman–Crippen LogP) is -1.29. The lowest BCUT2D eigenvalue weighted by Crippen LogP contribution is -2.46. The summed E-state index contributed by atoms with van der Waals surface area (Å²) in [5.74, 6) is 0.154. The van der Waals surface area contributed by atoms with Crippen molar-refractivity contribution in [2.75, 3.05) is 6.61 Å². The molecule has 0 saturated heterocycles. The number of nitrogens with two attached hydrogens (primary N) is 1.